The van der Waals surface area contributed by atoms with E-state index in [2.05, 4.69) is 30.2 Å². The van der Waals surface area contributed by atoms with Gasteiger partial charge in [0.05, 0.1) is 18.3 Å². The predicted octanol–water partition coefficient (Wildman–Crippen LogP) is 1.56. The fourth-order valence-electron chi connectivity index (χ4n) is 3.49. The third-order valence-corrected chi connectivity index (χ3v) is 5.11. The van der Waals surface area contributed by atoms with Crippen LogP contribution >= 0.6 is 0 Å². The van der Waals surface area contributed by atoms with Crippen molar-refractivity contribution in [2.24, 2.45) is 7.05 Å². The first-order chi connectivity index (χ1) is 14.1. The van der Waals surface area contributed by atoms with Gasteiger partial charge < -0.3 is 0 Å². The van der Waals surface area contributed by atoms with Crippen LogP contribution < -0.4 is 5.32 Å². The highest BCUT2D eigenvalue weighted by molar-refractivity contribution is 5.92. The number of carbonyl (C=O) groups is 1. The quantitative estimate of drug-likeness (QED) is 0.680. The maximum Gasteiger partial charge on any atom is 0.240 e. The second-order valence-electron chi connectivity index (χ2n) is 7.22. The van der Waals surface area contributed by atoms with Gasteiger partial charge in [0.2, 0.25) is 11.9 Å². The largest absolute Gasteiger partial charge is 0.298 e. The number of alkyl halides is 1. The fourth-order valence-corrected chi connectivity index (χ4v) is 3.49. The average molecular weight is 397 g/mol. The van der Waals surface area contributed by atoms with Crippen molar-refractivity contribution in [3.05, 3.63) is 36.8 Å². The third kappa shape index (κ3) is 4.75. The van der Waals surface area contributed by atoms with Crippen LogP contribution in [0.5, 0.6) is 0 Å². The van der Waals surface area contributed by atoms with Crippen LogP contribution in [-0.2, 0) is 11.8 Å². The summed E-state index contributed by atoms with van der Waals surface area (Å²) in [6.07, 6.45) is 5.46. The Labute approximate surface area is 168 Å². The molecular weight excluding hydrogens is 373 g/mol. The number of hydrogen-bond donors (Lipinski definition) is 1. The first-order valence-electron chi connectivity index (χ1n) is 9.67. The molecule has 1 amide bonds. The van der Waals surface area contributed by atoms with Gasteiger partial charge in [-0.15, -0.1) is 0 Å². The molecule has 1 aliphatic heterocycles. The Bertz CT molecular complexity index is 997. The Kier molecular flexibility index (Phi) is 5.77. The van der Waals surface area contributed by atoms with Gasteiger partial charge in [-0.05, 0) is 11.6 Å². The molecule has 3 heterocycles. The first kappa shape index (κ1) is 19.4. The Balaban J connectivity index is 1.40. The lowest BCUT2D eigenvalue weighted by Crippen LogP contribution is -2.49. The van der Waals surface area contributed by atoms with Gasteiger partial charge in [0.15, 0.2) is 0 Å². The second kappa shape index (κ2) is 8.62. The smallest absolute Gasteiger partial charge is 0.240 e. The van der Waals surface area contributed by atoms with Crippen molar-refractivity contribution in [3.63, 3.8) is 0 Å². The number of anilines is 1. The third-order valence-electron chi connectivity index (χ3n) is 5.11. The highest BCUT2D eigenvalue weighted by Crippen LogP contribution is 2.23. The molecule has 4 rings (SSSR count). The zero-order valence-corrected chi connectivity index (χ0v) is 16.4. The summed E-state index contributed by atoms with van der Waals surface area (Å²) >= 11 is 0. The molecule has 0 unspecified atom stereocenters. The van der Waals surface area contributed by atoms with E-state index in [9.17, 15) is 9.18 Å². The number of nitrogens with one attached hydrogen (secondary N) is 1. The van der Waals surface area contributed by atoms with Crippen molar-refractivity contribution < 1.29 is 9.18 Å². The maximum absolute atomic E-state index is 12.4. The molecule has 8 nitrogen and oxygen atoms in total. The summed E-state index contributed by atoms with van der Waals surface area (Å²) in [6, 6.07) is 5.93. The van der Waals surface area contributed by atoms with Gasteiger partial charge in [-0.2, -0.15) is 5.10 Å². The van der Waals surface area contributed by atoms with Crippen molar-refractivity contribution in [2.75, 3.05) is 51.3 Å². The van der Waals surface area contributed by atoms with Gasteiger partial charge in [0, 0.05) is 63.1 Å². The molecule has 1 fully saturated rings. The van der Waals surface area contributed by atoms with Gasteiger partial charge in [-0.1, -0.05) is 12.1 Å². The number of aryl methyl sites for hydroxylation is 1. The van der Waals surface area contributed by atoms with E-state index in [1.165, 1.54) is 0 Å². The van der Waals surface area contributed by atoms with Crippen LogP contribution in [0.15, 0.2) is 36.8 Å². The van der Waals surface area contributed by atoms with Crippen LogP contribution in [0.1, 0.15) is 0 Å². The molecule has 0 bridgehead atoms. The molecule has 1 N–H and O–H groups in total. The minimum atomic E-state index is -0.331. The highest BCUT2D eigenvalue weighted by Gasteiger charge is 2.19. The van der Waals surface area contributed by atoms with E-state index in [1.807, 2.05) is 31.4 Å². The van der Waals surface area contributed by atoms with Gasteiger partial charge in [0.25, 0.3) is 0 Å². The molecule has 3 aromatic rings. The van der Waals surface area contributed by atoms with Crippen LogP contribution in [0, 0.1) is 0 Å². The minimum Gasteiger partial charge on any atom is -0.298 e. The number of amides is 1. The lowest BCUT2D eigenvalue weighted by atomic mass is 10.1. The van der Waals surface area contributed by atoms with E-state index in [0.717, 1.165) is 48.2 Å². The molecule has 0 saturated carbocycles. The number of benzene rings is 1. The molecule has 1 saturated heterocycles. The maximum atomic E-state index is 12.4. The minimum absolute atomic E-state index is 0.147. The van der Waals surface area contributed by atoms with Gasteiger partial charge in [-0.3, -0.25) is 24.6 Å². The SMILES string of the molecule is Cn1cc(-c2ccc3cnc(NC(=O)CN4CCN(CCF)CC4)nc3c2)cn1. The van der Waals surface area contributed by atoms with E-state index in [-0.39, 0.29) is 19.1 Å². The molecule has 152 valence electrons. The zero-order valence-electron chi connectivity index (χ0n) is 16.4. The van der Waals surface area contributed by atoms with Crippen LogP contribution in [0.2, 0.25) is 0 Å². The van der Waals surface area contributed by atoms with Gasteiger partial charge >= 0.3 is 0 Å². The normalized spacial score (nSPS) is 15.7. The summed E-state index contributed by atoms with van der Waals surface area (Å²) in [7, 11) is 1.88. The molecule has 0 spiro atoms. The van der Waals surface area contributed by atoms with Crippen LogP contribution in [-0.4, -0.2) is 81.4 Å². The van der Waals surface area contributed by atoms with E-state index >= 15 is 0 Å². The number of rotatable bonds is 6. The van der Waals surface area contributed by atoms with Gasteiger partial charge in [0.1, 0.15) is 6.67 Å². The molecule has 0 radical (unpaired) electrons. The summed E-state index contributed by atoms with van der Waals surface area (Å²) < 4.78 is 14.2. The summed E-state index contributed by atoms with van der Waals surface area (Å²) in [5.41, 5.74) is 2.77. The first-order valence-corrected chi connectivity index (χ1v) is 9.67. The van der Waals surface area contributed by atoms with Crippen LogP contribution in [0.3, 0.4) is 0 Å². The summed E-state index contributed by atoms with van der Waals surface area (Å²) in [5.74, 6) is 0.147. The van der Waals surface area contributed by atoms with E-state index in [0.29, 0.717) is 12.5 Å². The van der Waals surface area contributed by atoms with Crippen molar-refractivity contribution in [1.29, 1.82) is 0 Å². The van der Waals surface area contributed by atoms with Crippen molar-refractivity contribution in [3.8, 4) is 11.1 Å². The molecule has 9 heteroatoms. The molecular formula is C20H24FN7O. The number of hydrogen-bond acceptors (Lipinski definition) is 6. The lowest BCUT2D eigenvalue weighted by Gasteiger charge is -2.33. The molecule has 0 aliphatic carbocycles. The Morgan fingerprint density at radius 1 is 1.14 bits per heavy atom. The van der Waals surface area contributed by atoms with Gasteiger partial charge in [-0.25, -0.2) is 14.4 Å². The molecule has 29 heavy (non-hydrogen) atoms. The Morgan fingerprint density at radius 3 is 2.66 bits per heavy atom. The Hall–Kier alpha value is -2.91. The predicted molar refractivity (Wildman–Crippen MR) is 109 cm³/mol. The number of halogens is 1. The molecule has 2 aromatic heterocycles. The van der Waals surface area contributed by atoms with E-state index in [1.54, 1.807) is 17.1 Å². The zero-order chi connectivity index (χ0) is 20.2. The Morgan fingerprint density at radius 2 is 1.93 bits per heavy atom. The number of nitrogens with zero attached hydrogens (tertiary/aromatic N) is 6. The monoisotopic (exact) mass is 397 g/mol. The standard InChI is InChI=1S/C20H24FN7O/c1-26-13-17(12-23-26)15-2-3-16-11-22-20(24-18(16)10-15)25-19(29)14-28-8-6-27(5-4-21)7-9-28/h2-3,10-13H,4-9,14H2,1H3,(H,22,24,25,29). The van der Waals surface area contributed by atoms with E-state index in [4.69, 9.17) is 0 Å². The van der Waals surface area contributed by atoms with Crippen molar-refractivity contribution in [1.82, 2.24) is 29.5 Å². The molecule has 0 atom stereocenters. The number of aromatic nitrogens is 4. The van der Waals surface area contributed by atoms with E-state index < -0.39 is 0 Å². The second-order valence-corrected chi connectivity index (χ2v) is 7.22. The average Bonchev–Trinajstić information content (AvgIpc) is 3.15. The fraction of sp³-hybridized carbons (Fsp3) is 0.400. The highest BCUT2D eigenvalue weighted by atomic mass is 19.1. The van der Waals surface area contributed by atoms with Crippen LogP contribution in [0.4, 0.5) is 10.3 Å². The topological polar surface area (TPSA) is 79.2 Å². The summed E-state index contributed by atoms with van der Waals surface area (Å²) in [6.45, 7) is 3.47. The number of carbonyl (C=O) groups excluding carboxylic acids is 1. The summed E-state index contributed by atoms with van der Waals surface area (Å²) in [4.78, 5) is 25.3. The van der Waals surface area contributed by atoms with Crippen LogP contribution in [0.25, 0.3) is 22.0 Å². The molecule has 1 aliphatic rings. The van der Waals surface area contributed by atoms with Crippen molar-refractivity contribution in [2.45, 2.75) is 0 Å². The van der Waals surface area contributed by atoms with Crippen molar-refractivity contribution >= 4 is 22.8 Å². The number of piperazine rings is 1. The lowest BCUT2D eigenvalue weighted by molar-refractivity contribution is -0.117. The summed E-state index contributed by atoms with van der Waals surface area (Å²) in [5, 5.41) is 7.89. The molecule has 1 aromatic carbocycles. The number of fused-ring (bicyclic) bond motifs is 1.